The fourth-order valence-electron chi connectivity index (χ4n) is 2.83. The van der Waals surface area contributed by atoms with Gasteiger partial charge in [0, 0.05) is 0 Å². The number of sulfonamides is 1. The minimum absolute atomic E-state index is 0.514. The van der Waals surface area contributed by atoms with Crippen molar-refractivity contribution in [1.82, 2.24) is 10.0 Å². The molecule has 0 radical (unpaired) electrons. The summed E-state index contributed by atoms with van der Waals surface area (Å²) in [5.41, 5.74) is 1.60. The molecule has 5 nitrogen and oxygen atoms in total. The van der Waals surface area contributed by atoms with E-state index in [-0.39, 0.29) is 0 Å². The summed E-state index contributed by atoms with van der Waals surface area (Å²) in [5, 5.41) is 2.75. The zero-order chi connectivity index (χ0) is 20.9. The van der Waals surface area contributed by atoms with Crippen LogP contribution < -0.4 is 10.0 Å². The van der Waals surface area contributed by atoms with Crippen LogP contribution in [0.25, 0.3) is 0 Å². The molecule has 0 unspecified atom stereocenters. The highest BCUT2D eigenvalue weighted by Gasteiger charge is 2.25. The highest BCUT2D eigenvalue weighted by atomic mass is 32.2. The second-order valence-electron chi connectivity index (χ2n) is 6.20. The summed E-state index contributed by atoms with van der Waals surface area (Å²) in [7, 11) is -4.54. The van der Waals surface area contributed by atoms with Crippen LogP contribution in [-0.2, 0) is 14.8 Å². The normalized spacial score (nSPS) is 11.4. The van der Waals surface area contributed by atoms with Crippen LogP contribution in [0.5, 0.6) is 0 Å². The molecule has 0 bridgehead atoms. The minimum Gasteiger partial charge on any atom is -0.344 e. The molecule has 29 heavy (non-hydrogen) atoms. The standard InChI is InChI=1S/C21H18F2N2O3S/c22-17-12-7-13-18(23)21(17)29(27,28)24-14-19(26)25-20(15-8-3-1-4-9-15)16-10-5-2-6-11-16/h1-13,20,24H,14H2,(H,25,26). The quantitative estimate of drug-likeness (QED) is 0.621. The molecule has 0 aliphatic carbocycles. The van der Waals surface area contributed by atoms with Crippen molar-refractivity contribution < 1.29 is 22.0 Å². The molecule has 0 aromatic heterocycles. The molecule has 0 saturated carbocycles. The zero-order valence-corrected chi connectivity index (χ0v) is 16.0. The number of rotatable bonds is 7. The number of hydrogen-bond donors (Lipinski definition) is 2. The van der Waals surface area contributed by atoms with E-state index in [1.165, 1.54) is 0 Å². The lowest BCUT2D eigenvalue weighted by molar-refractivity contribution is -0.120. The lowest BCUT2D eigenvalue weighted by Gasteiger charge is -2.20. The summed E-state index contributed by atoms with van der Waals surface area (Å²) in [6, 6.07) is 20.5. The van der Waals surface area contributed by atoms with Crippen molar-refractivity contribution in [3.05, 3.63) is 102 Å². The van der Waals surface area contributed by atoms with Crippen molar-refractivity contribution in [2.45, 2.75) is 10.9 Å². The van der Waals surface area contributed by atoms with Gasteiger partial charge >= 0.3 is 0 Å². The first-order valence-electron chi connectivity index (χ1n) is 8.71. The molecule has 1 amide bonds. The van der Waals surface area contributed by atoms with Gasteiger partial charge in [-0.25, -0.2) is 21.9 Å². The number of hydrogen-bond acceptors (Lipinski definition) is 3. The summed E-state index contributed by atoms with van der Waals surface area (Å²) in [6.45, 7) is -0.674. The highest BCUT2D eigenvalue weighted by Crippen LogP contribution is 2.22. The first kappa shape index (κ1) is 20.6. The Hall–Kier alpha value is -3.10. The van der Waals surface area contributed by atoms with Crippen LogP contribution in [-0.4, -0.2) is 20.9 Å². The monoisotopic (exact) mass is 416 g/mol. The van der Waals surface area contributed by atoms with Crippen molar-refractivity contribution in [3.63, 3.8) is 0 Å². The lowest BCUT2D eigenvalue weighted by Crippen LogP contribution is -2.39. The molecule has 3 aromatic rings. The van der Waals surface area contributed by atoms with Crippen LogP contribution in [0.3, 0.4) is 0 Å². The molecule has 3 rings (SSSR count). The van der Waals surface area contributed by atoms with E-state index in [4.69, 9.17) is 0 Å². The third-order valence-corrected chi connectivity index (χ3v) is 5.63. The van der Waals surface area contributed by atoms with Crippen molar-refractivity contribution >= 4 is 15.9 Å². The maximum atomic E-state index is 13.8. The molecule has 0 atom stereocenters. The Kier molecular flexibility index (Phi) is 6.36. The molecule has 2 N–H and O–H groups in total. The van der Waals surface area contributed by atoms with Crippen LogP contribution >= 0.6 is 0 Å². The predicted octanol–water partition coefficient (Wildman–Crippen LogP) is 3.15. The van der Waals surface area contributed by atoms with Gasteiger partial charge in [-0.05, 0) is 23.3 Å². The molecule has 0 spiro atoms. The van der Waals surface area contributed by atoms with E-state index in [1.807, 2.05) is 65.4 Å². The Bertz CT molecular complexity index is 1030. The average Bonchev–Trinajstić information content (AvgIpc) is 2.71. The summed E-state index contributed by atoms with van der Waals surface area (Å²) in [6.07, 6.45) is 0. The Morgan fingerprint density at radius 3 is 1.76 bits per heavy atom. The fraction of sp³-hybridized carbons (Fsp3) is 0.0952. The summed E-state index contributed by atoms with van der Waals surface area (Å²) in [4.78, 5) is 11.3. The Morgan fingerprint density at radius 1 is 0.793 bits per heavy atom. The average molecular weight is 416 g/mol. The number of amides is 1. The van der Waals surface area contributed by atoms with E-state index in [2.05, 4.69) is 5.32 Å². The lowest BCUT2D eigenvalue weighted by atomic mass is 9.99. The van der Waals surface area contributed by atoms with E-state index in [9.17, 15) is 22.0 Å². The zero-order valence-electron chi connectivity index (χ0n) is 15.2. The van der Waals surface area contributed by atoms with Gasteiger partial charge in [-0.2, -0.15) is 0 Å². The van der Waals surface area contributed by atoms with Crippen LogP contribution in [0.15, 0.2) is 83.8 Å². The molecular weight excluding hydrogens is 398 g/mol. The topological polar surface area (TPSA) is 75.3 Å². The minimum atomic E-state index is -4.54. The number of nitrogens with one attached hydrogen (secondary N) is 2. The SMILES string of the molecule is O=C(CNS(=O)(=O)c1c(F)cccc1F)NC(c1ccccc1)c1ccccc1. The van der Waals surface area contributed by atoms with Crippen molar-refractivity contribution in [2.75, 3.05) is 6.54 Å². The van der Waals surface area contributed by atoms with Gasteiger partial charge in [-0.3, -0.25) is 4.79 Å². The molecule has 0 aliphatic heterocycles. The Labute approximate surface area is 167 Å². The molecule has 0 heterocycles. The fourth-order valence-corrected chi connectivity index (χ4v) is 3.95. The predicted molar refractivity (Wildman–Crippen MR) is 104 cm³/mol. The van der Waals surface area contributed by atoms with Crippen LogP contribution in [0.4, 0.5) is 8.78 Å². The van der Waals surface area contributed by atoms with Gasteiger partial charge in [-0.15, -0.1) is 0 Å². The van der Waals surface area contributed by atoms with Gasteiger partial charge in [0.1, 0.15) is 11.6 Å². The van der Waals surface area contributed by atoms with Crippen molar-refractivity contribution in [2.24, 2.45) is 0 Å². The van der Waals surface area contributed by atoms with Gasteiger partial charge in [0.15, 0.2) is 4.90 Å². The number of carbonyl (C=O) groups excluding carboxylic acids is 1. The maximum absolute atomic E-state index is 13.8. The third kappa shape index (κ3) is 5.04. The van der Waals surface area contributed by atoms with Crippen LogP contribution in [0.2, 0.25) is 0 Å². The van der Waals surface area contributed by atoms with Gasteiger partial charge in [0.2, 0.25) is 15.9 Å². The molecule has 3 aromatic carbocycles. The van der Waals surface area contributed by atoms with E-state index in [0.29, 0.717) is 0 Å². The van der Waals surface area contributed by atoms with Crippen LogP contribution in [0.1, 0.15) is 17.2 Å². The summed E-state index contributed by atoms with van der Waals surface area (Å²) < 4.78 is 53.9. The maximum Gasteiger partial charge on any atom is 0.246 e. The third-order valence-electron chi connectivity index (χ3n) is 4.18. The smallest absolute Gasteiger partial charge is 0.246 e. The molecule has 0 aliphatic rings. The van der Waals surface area contributed by atoms with E-state index >= 15 is 0 Å². The number of benzene rings is 3. The van der Waals surface area contributed by atoms with Gasteiger partial charge < -0.3 is 5.32 Å². The van der Waals surface area contributed by atoms with Gasteiger partial charge in [0.25, 0.3) is 0 Å². The van der Waals surface area contributed by atoms with Crippen molar-refractivity contribution in [3.8, 4) is 0 Å². The van der Waals surface area contributed by atoms with Crippen LogP contribution in [0, 0.1) is 11.6 Å². The Balaban J connectivity index is 1.76. The second-order valence-corrected chi connectivity index (χ2v) is 7.90. The molecular formula is C21H18F2N2O3S. The van der Waals surface area contributed by atoms with Gasteiger partial charge in [0.05, 0.1) is 12.6 Å². The highest BCUT2D eigenvalue weighted by molar-refractivity contribution is 7.89. The van der Waals surface area contributed by atoms with E-state index in [1.54, 1.807) is 0 Å². The van der Waals surface area contributed by atoms with E-state index in [0.717, 1.165) is 29.3 Å². The first-order valence-corrected chi connectivity index (χ1v) is 10.2. The number of carbonyl (C=O) groups is 1. The van der Waals surface area contributed by atoms with Gasteiger partial charge in [-0.1, -0.05) is 66.7 Å². The largest absolute Gasteiger partial charge is 0.344 e. The molecule has 0 fully saturated rings. The van der Waals surface area contributed by atoms with Crippen molar-refractivity contribution in [1.29, 1.82) is 0 Å². The Morgan fingerprint density at radius 2 is 1.28 bits per heavy atom. The molecule has 150 valence electrons. The second kappa shape index (κ2) is 8.93. The summed E-state index contributed by atoms with van der Waals surface area (Å²) >= 11 is 0. The van der Waals surface area contributed by atoms with E-state index < -0.39 is 45.0 Å². The summed E-state index contributed by atoms with van der Waals surface area (Å²) in [5.74, 6) is -3.11. The molecule has 0 saturated heterocycles. The number of halogens is 2. The molecule has 8 heteroatoms. The first-order chi connectivity index (χ1) is 13.9.